The van der Waals surface area contributed by atoms with Gasteiger partial charge in [-0.2, -0.15) is 13.2 Å². The van der Waals surface area contributed by atoms with Crippen LogP contribution in [0, 0.1) is 28.6 Å². The molecular weight excluding hydrogens is 545 g/mol. The summed E-state index contributed by atoms with van der Waals surface area (Å²) in [4.78, 5) is 26.8. The lowest BCUT2D eigenvalue weighted by Crippen LogP contribution is -2.32. The van der Waals surface area contributed by atoms with Crippen molar-refractivity contribution in [2.75, 3.05) is 18.5 Å². The Morgan fingerprint density at radius 3 is 2.60 bits per heavy atom. The smallest absolute Gasteiger partial charge is 0.367 e. The number of halogens is 3. The Bertz CT molecular complexity index is 1510. The van der Waals surface area contributed by atoms with E-state index in [1.54, 1.807) is 28.9 Å². The first-order chi connectivity index (χ1) is 20.2. The van der Waals surface area contributed by atoms with Crippen LogP contribution < -0.4 is 10.6 Å². The van der Waals surface area contributed by atoms with Gasteiger partial charge in [0.05, 0.1) is 29.3 Å². The fourth-order valence-corrected chi connectivity index (χ4v) is 7.83. The van der Waals surface area contributed by atoms with Gasteiger partial charge in [0, 0.05) is 18.2 Å². The zero-order chi connectivity index (χ0) is 29.1. The Labute approximate surface area is 241 Å². The van der Waals surface area contributed by atoms with E-state index in [1.807, 2.05) is 36.4 Å². The van der Waals surface area contributed by atoms with E-state index in [0.717, 1.165) is 12.1 Å². The third-order valence-corrected chi connectivity index (χ3v) is 9.94. The van der Waals surface area contributed by atoms with E-state index in [4.69, 9.17) is 9.84 Å². The van der Waals surface area contributed by atoms with Crippen LogP contribution in [0.1, 0.15) is 44.1 Å². The van der Waals surface area contributed by atoms with Crippen LogP contribution >= 0.6 is 0 Å². The molecule has 4 fully saturated rings. The molecule has 2 amide bonds. The molecule has 4 aliphatic rings. The molecule has 1 saturated heterocycles. The number of benzene rings is 2. The van der Waals surface area contributed by atoms with Gasteiger partial charge in [0.25, 0.3) is 0 Å². The minimum absolute atomic E-state index is 0.00718. The third-order valence-electron chi connectivity index (χ3n) is 9.94. The van der Waals surface area contributed by atoms with Crippen molar-refractivity contribution in [3.63, 3.8) is 0 Å². The highest BCUT2D eigenvalue weighted by Crippen LogP contribution is 2.76. The molecule has 10 heteroatoms. The molecule has 7 nitrogen and oxygen atoms in total. The van der Waals surface area contributed by atoms with Crippen molar-refractivity contribution in [1.29, 1.82) is 0 Å². The molecule has 1 aliphatic heterocycles. The Hall–Kier alpha value is -3.66. The van der Waals surface area contributed by atoms with Gasteiger partial charge in [0.1, 0.15) is 6.61 Å². The lowest BCUT2D eigenvalue weighted by atomic mass is 9.86. The van der Waals surface area contributed by atoms with E-state index in [-0.39, 0.29) is 24.3 Å². The summed E-state index contributed by atoms with van der Waals surface area (Å²) in [6.45, 7) is -1.18. The summed E-state index contributed by atoms with van der Waals surface area (Å²) >= 11 is 0. The van der Waals surface area contributed by atoms with Gasteiger partial charge in [-0.15, -0.1) is 5.10 Å². The predicted octanol–water partition coefficient (Wildman–Crippen LogP) is 5.89. The van der Waals surface area contributed by atoms with Gasteiger partial charge >= 0.3 is 6.18 Å². The summed E-state index contributed by atoms with van der Waals surface area (Å²) in [6, 6.07) is 18.2. The SMILES string of the molecule is O=C(Nc1cc(-c2cccc(COCC(F)(F)F)c2)n(-c2ccccc2)n1)C1CNC(=O)C12CC2C1CC12CCCC2. The number of alkyl halides is 3. The maximum Gasteiger partial charge on any atom is 0.411 e. The van der Waals surface area contributed by atoms with Crippen molar-refractivity contribution in [1.82, 2.24) is 15.1 Å². The van der Waals surface area contributed by atoms with Crippen LogP contribution in [0.5, 0.6) is 0 Å². The van der Waals surface area contributed by atoms with Crippen LogP contribution in [0.3, 0.4) is 0 Å². The first kappa shape index (κ1) is 27.2. The molecule has 1 aromatic heterocycles. The largest absolute Gasteiger partial charge is 0.411 e. The molecule has 7 rings (SSSR count). The number of aromatic nitrogens is 2. The van der Waals surface area contributed by atoms with Crippen molar-refractivity contribution >= 4 is 17.6 Å². The van der Waals surface area contributed by atoms with E-state index in [9.17, 15) is 22.8 Å². The molecule has 220 valence electrons. The van der Waals surface area contributed by atoms with E-state index in [1.165, 1.54) is 32.1 Å². The van der Waals surface area contributed by atoms with Crippen LogP contribution in [-0.4, -0.2) is 40.9 Å². The van der Waals surface area contributed by atoms with Gasteiger partial charge < -0.3 is 15.4 Å². The number of ether oxygens (including phenoxy) is 1. The summed E-state index contributed by atoms with van der Waals surface area (Å²) in [5.41, 5.74) is 2.52. The van der Waals surface area contributed by atoms with Crippen molar-refractivity contribution in [2.24, 2.45) is 28.6 Å². The maximum atomic E-state index is 13.7. The van der Waals surface area contributed by atoms with Gasteiger partial charge in [-0.05, 0) is 66.7 Å². The highest BCUT2D eigenvalue weighted by Gasteiger charge is 2.76. The second kappa shape index (κ2) is 9.97. The quantitative estimate of drug-likeness (QED) is 0.349. The number of hydrogen-bond donors (Lipinski definition) is 2. The molecule has 2 heterocycles. The minimum atomic E-state index is -4.40. The molecular formula is C32H33F3N4O3. The number of anilines is 1. The summed E-state index contributed by atoms with van der Waals surface area (Å²) in [5.74, 6) is 0.517. The van der Waals surface area contributed by atoms with Gasteiger partial charge in [-0.1, -0.05) is 49.2 Å². The average molecular weight is 579 g/mol. The van der Waals surface area contributed by atoms with E-state index in [0.29, 0.717) is 40.5 Å². The molecule has 4 atom stereocenters. The Morgan fingerprint density at radius 1 is 1.05 bits per heavy atom. The standard InChI is InChI=1S/C32H33F3N4O3/c33-32(34,35)19-42-18-20-7-6-8-21(13-20)26-14-27(38-39(26)22-9-2-1-3-10-22)37-28(40)25-17-36-29(41)31(25)16-24(31)23-15-30(23)11-4-5-12-30/h1-3,6-10,13-14,23-25H,4-5,11-12,15-19H2,(H,36,41)(H,37,38,40). The molecule has 0 radical (unpaired) electrons. The maximum absolute atomic E-state index is 13.7. The first-order valence-electron chi connectivity index (χ1n) is 14.7. The molecule has 3 aromatic rings. The molecule has 2 N–H and O–H groups in total. The number of amides is 2. The topological polar surface area (TPSA) is 85.2 Å². The molecule has 3 aliphatic carbocycles. The number of rotatable bonds is 8. The zero-order valence-corrected chi connectivity index (χ0v) is 23.1. The normalized spacial score (nSPS) is 27.4. The molecule has 2 aromatic carbocycles. The number of carbonyl (C=O) groups excluding carboxylic acids is 2. The number of nitrogens with one attached hydrogen (secondary N) is 2. The van der Waals surface area contributed by atoms with Crippen molar-refractivity contribution < 1.29 is 27.5 Å². The predicted molar refractivity (Wildman–Crippen MR) is 149 cm³/mol. The highest BCUT2D eigenvalue weighted by atomic mass is 19.4. The molecule has 42 heavy (non-hydrogen) atoms. The van der Waals surface area contributed by atoms with Crippen molar-refractivity contribution in [3.8, 4) is 16.9 Å². The molecule has 4 unspecified atom stereocenters. The fraction of sp³-hybridized carbons (Fsp3) is 0.469. The van der Waals surface area contributed by atoms with Crippen LogP contribution in [0.15, 0.2) is 60.7 Å². The Kier molecular flexibility index (Phi) is 6.45. The second-order valence-corrected chi connectivity index (χ2v) is 12.5. The molecule has 2 spiro atoms. The van der Waals surface area contributed by atoms with Gasteiger partial charge in [0.2, 0.25) is 11.8 Å². The molecule has 3 saturated carbocycles. The number of para-hydroxylation sites is 1. The highest BCUT2D eigenvalue weighted by molar-refractivity contribution is 6.01. The van der Waals surface area contributed by atoms with Crippen LogP contribution in [0.4, 0.5) is 19.0 Å². The Morgan fingerprint density at radius 2 is 1.83 bits per heavy atom. The van der Waals surface area contributed by atoms with Crippen molar-refractivity contribution in [2.45, 2.75) is 51.3 Å². The van der Waals surface area contributed by atoms with Crippen LogP contribution in [-0.2, 0) is 20.9 Å². The lowest BCUT2D eigenvalue weighted by molar-refractivity contribution is -0.176. The number of hydrogen-bond acceptors (Lipinski definition) is 4. The minimum Gasteiger partial charge on any atom is -0.367 e. The van der Waals surface area contributed by atoms with Gasteiger partial charge in [0.15, 0.2) is 5.82 Å². The van der Waals surface area contributed by atoms with E-state index in [2.05, 4.69) is 10.6 Å². The van der Waals surface area contributed by atoms with Crippen LogP contribution in [0.25, 0.3) is 16.9 Å². The summed E-state index contributed by atoms with van der Waals surface area (Å²) in [5, 5.41) is 10.7. The summed E-state index contributed by atoms with van der Waals surface area (Å²) in [7, 11) is 0. The van der Waals surface area contributed by atoms with Gasteiger partial charge in [-0.25, -0.2) is 4.68 Å². The average Bonchev–Trinajstić information content (AvgIpc) is 3.63. The molecule has 0 bridgehead atoms. The number of carbonyl (C=O) groups is 2. The van der Waals surface area contributed by atoms with Crippen molar-refractivity contribution in [3.05, 3.63) is 66.2 Å². The van der Waals surface area contributed by atoms with E-state index < -0.39 is 24.1 Å². The van der Waals surface area contributed by atoms with Crippen LogP contribution in [0.2, 0.25) is 0 Å². The van der Waals surface area contributed by atoms with E-state index >= 15 is 0 Å². The lowest BCUT2D eigenvalue weighted by Gasteiger charge is -2.17. The van der Waals surface area contributed by atoms with Gasteiger partial charge in [-0.3, -0.25) is 9.59 Å². The zero-order valence-electron chi connectivity index (χ0n) is 23.1. The fourth-order valence-electron chi connectivity index (χ4n) is 7.83. The number of nitrogens with zero attached hydrogens (tertiary/aromatic N) is 2. The summed E-state index contributed by atoms with van der Waals surface area (Å²) in [6.07, 6.45) is 2.59. The monoisotopic (exact) mass is 578 g/mol. The first-order valence-corrected chi connectivity index (χ1v) is 14.7. The summed E-state index contributed by atoms with van der Waals surface area (Å²) < 4.78 is 44.3. The second-order valence-electron chi connectivity index (χ2n) is 12.5. The Balaban J connectivity index is 1.13. The third kappa shape index (κ3) is 4.79.